The molecule has 1 aliphatic heterocycles. The smallest absolute Gasteiger partial charge is 0.310 e. The van der Waals surface area contributed by atoms with Gasteiger partial charge >= 0.3 is 5.97 Å². The minimum absolute atomic E-state index is 0.247. The average molecular weight is 147 g/mol. The molecular formula is C6H10FNO2. The highest BCUT2D eigenvalue weighted by atomic mass is 19.1. The van der Waals surface area contributed by atoms with Crippen LogP contribution >= 0.6 is 0 Å². The van der Waals surface area contributed by atoms with Crippen LogP contribution in [-0.4, -0.2) is 42.3 Å². The maximum Gasteiger partial charge on any atom is 0.310 e. The van der Waals surface area contributed by atoms with E-state index in [1.807, 2.05) is 0 Å². The fourth-order valence-corrected chi connectivity index (χ4v) is 1.18. The van der Waals surface area contributed by atoms with Gasteiger partial charge < -0.3 is 10.0 Å². The second-order valence-corrected chi connectivity index (χ2v) is 2.68. The van der Waals surface area contributed by atoms with Crippen molar-refractivity contribution in [2.45, 2.75) is 6.17 Å². The number of carboxylic acids is 1. The van der Waals surface area contributed by atoms with Crippen LogP contribution in [0.25, 0.3) is 0 Å². The normalized spacial score (nSPS) is 34.6. The van der Waals surface area contributed by atoms with Gasteiger partial charge in [-0.1, -0.05) is 0 Å². The zero-order valence-electron chi connectivity index (χ0n) is 5.75. The lowest BCUT2D eigenvalue weighted by Crippen LogP contribution is -2.22. The van der Waals surface area contributed by atoms with Crippen molar-refractivity contribution in [1.82, 2.24) is 4.90 Å². The van der Waals surface area contributed by atoms with Gasteiger partial charge in [-0.3, -0.25) is 4.79 Å². The molecule has 3 nitrogen and oxygen atoms in total. The van der Waals surface area contributed by atoms with Crippen molar-refractivity contribution in [1.29, 1.82) is 0 Å². The molecule has 0 unspecified atom stereocenters. The van der Waals surface area contributed by atoms with E-state index in [-0.39, 0.29) is 6.54 Å². The van der Waals surface area contributed by atoms with Crippen LogP contribution in [0.15, 0.2) is 0 Å². The maximum absolute atomic E-state index is 12.7. The van der Waals surface area contributed by atoms with Crippen molar-refractivity contribution in [2.24, 2.45) is 5.92 Å². The SMILES string of the molecule is CN1C[C@@H](F)[C@@H](C(=O)O)C1. The summed E-state index contributed by atoms with van der Waals surface area (Å²) < 4.78 is 12.7. The molecule has 1 N–H and O–H groups in total. The number of hydrogen-bond donors (Lipinski definition) is 1. The summed E-state index contributed by atoms with van der Waals surface area (Å²) in [7, 11) is 1.72. The first kappa shape index (κ1) is 7.47. The predicted molar refractivity (Wildman–Crippen MR) is 33.5 cm³/mol. The van der Waals surface area contributed by atoms with Gasteiger partial charge in [-0.2, -0.15) is 0 Å². The van der Waals surface area contributed by atoms with Gasteiger partial charge in [0.25, 0.3) is 0 Å². The van der Waals surface area contributed by atoms with E-state index in [4.69, 9.17) is 5.11 Å². The summed E-state index contributed by atoms with van der Waals surface area (Å²) in [6, 6.07) is 0. The third-order valence-electron chi connectivity index (χ3n) is 1.75. The molecule has 4 heteroatoms. The number of halogens is 1. The number of likely N-dealkylation sites (tertiary alicyclic amines) is 1. The molecule has 0 bridgehead atoms. The highest BCUT2D eigenvalue weighted by Gasteiger charge is 2.35. The Morgan fingerprint density at radius 2 is 2.30 bits per heavy atom. The van der Waals surface area contributed by atoms with Crippen LogP contribution in [0.5, 0.6) is 0 Å². The Balaban J connectivity index is 2.54. The highest BCUT2D eigenvalue weighted by Crippen LogP contribution is 2.18. The van der Waals surface area contributed by atoms with Gasteiger partial charge in [-0.25, -0.2) is 4.39 Å². The number of rotatable bonds is 1. The molecule has 10 heavy (non-hydrogen) atoms. The minimum atomic E-state index is -1.19. The standard InChI is InChI=1S/C6H10FNO2/c1-8-2-4(6(9)10)5(7)3-8/h4-5H,2-3H2,1H3,(H,9,10)/t4-,5+/m0/s1. The van der Waals surface area contributed by atoms with E-state index in [1.54, 1.807) is 11.9 Å². The number of alkyl halides is 1. The topological polar surface area (TPSA) is 40.5 Å². The summed E-state index contributed by atoms with van der Waals surface area (Å²) >= 11 is 0. The zero-order valence-corrected chi connectivity index (χ0v) is 5.75. The molecule has 0 aliphatic carbocycles. The molecule has 0 aromatic carbocycles. The molecular weight excluding hydrogens is 137 g/mol. The molecule has 1 saturated heterocycles. The molecule has 0 radical (unpaired) electrons. The third kappa shape index (κ3) is 1.26. The minimum Gasteiger partial charge on any atom is -0.481 e. The summed E-state index contributed by atoms with van der Waals surface area (Å²) in [6.07, 6.45) is -1.19. The van der Waals surface area contributed by atoms with Gasteiger partial charge in [0, 0.05) is 13.1 Å². The maximum atomic E-state index is 12.7. The lowest BCUT2D eigenvalue weighted by molar-refractivity contribution is -0.142. The Morgan fingerprint density at radius 3 is 2.50 bits per heavy atom. The van der Waals surface area contributed by atoms with Gasteiger partial charge in [-0.15, -0.1) is 0 Å². The average Bonchev–Trinajstić information content (AvgIpc) is 2.10. The van der Waals surface area contributed by atoms with E-state index in [0.29, 0.717) is 6.54 Å². The van der Waals surface area contributed by atoms with Gasteiger partial charge in [0.15, 0.2) is 0 Å². The summed E-state index contributed by atoms with van der Waals surface area (Å²) in [6.45, 7) is 0.577. The lowest BCUT2D eigenvalue weighted by Gasteiger charge is -2.03. The Bertz CT molecular complexity index is 151. The Kier molecular flexibility index (Phi) is 1.89. The molecule has 58 valence electrons. The first-order valence-corrected chi connectivity index (χ1v) is 3.16. The monoisotopic (exact) mass is 147 g/mol. The number of carbonyl (C=O) groups is 1. The number of aliphatic carboxylic acids is 1. The third-order valence-corrected chi connectivity index (χ3v) is 1.75. The largest absolute Gasteiger partial charge is 0.481 e. The molecule has 0 aromatic heterocycles. The van der Waals surface area contributed by atoms with Crippen LogP contribution in [0.3, 0.4) is 0 Å². The van der Waals surface area contributed by atoms with Crippen molar-refractivity contribution in [3.8, 4) is 0 Å². The van der Waals surface area contributed by atoms with Crippen LogP contribution in [0, 0.1) is 5.92 Å². The number of carboxylic acid groups (broad SMARTS) is 1. The van der Waals surface area contributed by atoms with Gasteiger partial charge in [0.2, 0.25) is 0 Å². The van der Waals surface area contributed by atoms with E-state index in [2.05, 4.69) is 0 Å². The van der Waals surface area contributed by atoms with Crippen LogP contribution in [0.2, 0.25) is 0 Å². The zero-order chi connectivity index (χ0) is 7.72. The number of nitrogens with zero attached hydrogens (tertiary/aromatic N) is 1. The van der Waals surface area contributed by atoms with Crippen LogP contribution < -0.4 is 0 Å². The summed E-state index contributed by atoms with van der Waals surface area (Å²) in [5.74, 6) is -1.85. The molecule has 1 fully saturated rings. The van der Waals surface area contributed by atoms with Crippen LogP contribution in [-0.2, 0) is 4.79 Å². The Morgan fingerprint density at radius 1 is 1.70 bits per heavy atom. The Hall–Kier alpha value is -0.640. The van der Waals surface area contributed by atoms with E-state index in [9.17, 15) is 9.18 Å². The molecule has 0 saturated carbocycles. The second-order valence-electron chi connectivity index (χ2n) is 2.68. The van der Waals surface area contributed by atoms with Crippen molar-refractivity contribution in [2.75, 3.05) is 20.1 Å². The molecule has 0 aromatic rings. The molecule has 1 rings (SSSR count). The first-order valence-electron chi connectivity index (χ1n) is 3.16. The van der Waals surface area contributed by atoms with E-state index >= 15 is 0 Å². The van der Waals surface area contributed by atoms with Crippen molar-refractivity contribution >= 4 is 5.97 Å². The summed E-state index contributed by atoms with van der Waals surface area (Å²) in [5.41, 5.74) is 0. The summed E-state index contributed by atoms with van der Waals surface area (Å²) in [5, 5.41) is 8.43. The predicted octanol–water partition coefficient (Wildman–Crippen LogP) is -0.0293. The molecule has 0 amide bonds. The summed E-state index contributed by atoms with van der Waals surface area (Å²) in [4.78, 5) is 12.0. The van der Waals surface area contributed by atoms with E-state index in [1.165, 1.54) is 0 Å². The lowest BCUT2D eigenvalue weighted by atomic mass is 10.1. The van der Waals surface area contributed by atoms with Crippen LogP contribution in [0.4, 0.5) is 4.39 Å². The highest BCUT2D eigenvalue weighted by molar-refractivity contribution is 5.71. The molecule has 1 heterocycles. The van der Waals surface area contributed by atoms with Crippen molar-refractivity contribution in [3.05, 3.63) is 0 Å². The molecule has 2 atom stereocenters. The van der Waals surface area contributed by atoms with E-state index < -0.39 is 18.1 Å². The number of hydrogen-bond acceptors (Lipinski definition) is 2. The van der Waals surface area contributed by atoms with Gasteiger partial charge in [0.1, 0.15) is 12.1 Å². The fourth-order valence-electron chi connectivity index (χ4n) is 1.18. The van der Waals surface area contributed by atoms with Crippen LogP contribution in [0.1, 0.15) is 0 Å². The quantitative estimate of drug-likeness (QED) is 0.566. The Labute approximate surface area is 58.4 Å². The second kappa shape index (κ2) is 2.54. The first-order chi connectivity index (χ1) is 4.61. The molecule has 0 spiro atoms. The van der Waals surface area contributed by atoms with E-state index in [0.717, 1.165) is 0 Å². The van der Waals surface area contributed by atoms with Gasteiger partial charge in [-0.05, 0) is 7.05 Å². The van der Waals surface area contributed by atoms with Crippen molar-refractivity contribution < 1.29 is 14.3 Å². The fraction of sp³-hybridized carbons (Fsp3) is 0.833. The van der Waals surface area contributed by atoms with Gasteiger partial charge in [0.05, 0.1) is 0 Å². The van der Waals surface area contributed by atoms with Crippen molar-refractivity contribution in [3.63, 3.8) is 0 Å². The molecule has 1 aliphatic rings.